The van der Waals surface area contributed by atoms with E-state index >= 15 is 0 Å². The molecular formula is C10H12N4O2. The van der Waals surface area contributed by atoms with Crippen LogP contribution in [0.15, 0.2) is 29.6 Å². The zero-order valence-electron chi connectivity index (χ0n) is 8.65. The lowest BCUT2D eigenvalue weighted by Crippen LogP contribution is -1.99. The molecule has 16 heavy (non-hydrogen) atoms. The van der Waals surface area contributed by atoms with E-state index in [2.05, 4.69) is 15.0 Å². The Morgan fingerprint density at radius 3 is 3.06 bits per heavy atom. The number of hydrogen-bond donors (Lipinski definition) is 1. The lowest BCUT2D eigenvalue weighted by molar-refractivity contribution is -0.137. The molecule has 0 amide bonds. The number of carbonyl (C=O) groups is 1. The van der Waals surface area contributed by atoms with E-state index < -0.39 is 5.97 Å². The van der Waals surface area contributed by atoms with Gasteiger partial charge in [-0.2, -0.15) is 0 Å². The number of carboxylic acid groups (broad SMARTS) is 1. The van der Waals surface area contributed by atoms with Gasteiger partial charge in [-0.15, -0.1) is 0 Å². The second-order valence-corrected chi connectivity index (χ2v) is 3.29. The Bertz CT molecular complexity index is 387. The molecule has 0 saturated heterocycles. The van der Waals surface area contributed by atoms with Crippen molar-refractivity contribution in [2.75, 3.05) is 0 Å². The normalized spacial score (nSPS) is 11.5. The molecule has 0 aromatic carbocycles. The Morgan fingerprint density at radius 2 is 2.50 bits per heavy atom. The molecule has 1 aromatic heterocycles. The summed E-state index contributed by atoms with van der Waals surface area (Å²) in [4.78, 5) is 17.1. The maximum atomic E-state index is 10.4. The van der Waals surface area contributed by atoms with E-state index in [-0.39, 0.29) is 12.5 Å². The van der Waals surface area contributed by atoms with Gasteiger partial charge in [0.1, 0.15) is 0 Å². The third-order valence-corrected chi connectivity index (χ3v) is 2.13. The monoisotopic (exact) mass is 220 g/mol. The fourth-order valence-corrected chi connectivity index (χ4v) is 1.37. The minimum absolute atomic E-state index is 0.0811. The Labute approximate surface area is 92.6 Å². The van der Waals surface area contributed by atoms with Gasteiger partial charge in [-0.05, 0) is 30.0 Å². The average molecular weight is 220 g/mol. The third kappa shape index (κ3) is 3.98. The molecular weight excluding hydrogens is 208 g/mol. The van der Waals surface area contributed by atoms with Crippen LogP contribution in [0, 0.1) is 0 Å². The van der Waals surface area contributed by atoms with Crippen molar-refractivity contribution in [3.63, 3.8) is 0 Å². The Kier molecular flexibility index (Phi) is 4.82. The summed E-state index contributed by atoms with van der Waals surface area (Å²) in [5, 5.41) is 12.1. The number of carboxylic acids is 1. The molecule has 0 spiro atoms. The van der Waals surface area contributed by atoms with E-state index in [1.165, 1.54) is 0 Å². The Morgan fingerprint density at radius 1 is 1.69 bits per heavy atom. The molecule has 84 valence electrons. The standard InChI is InChI=1S/C10H12N4O2/c11-14-13-9(4-1-5-10(15)16)8-3-2-6-12-7-8/h2-3,6-7,9H,1,4-5H2,(H,15,16). The molecule has 0 fully saturated rings. The van der Waals surface area contributed by atoms with Crippen molar-refractivity contribution in [1.82, 2.24) is 4.98 Å². The van der Waals surface area contributed by atoms with E-state index in [0.29, 0.717) is 12.8 Å². The van der Waals surface area contributed by atoms with Gasteiger partial charge in [0.05, 0.1) is 6.04 Å². The van der Waals surface area contributed by atoms with Crippen LogP contribution in [-0.4, -0.2) is 16.1 Å². The molecule has 0 radical (unpaired) electrons. The summed E-state index contributed by atoms with van der Waals surface area (Å²) in [6.45, 7) is 0. The van der Waals surface area contributed by atoms with Crippen molar-refractivity contribution in [2.24, 2.45) is 5.11 Å². The van der Waals surface area contributed by atoms with Gasteiger partial charge in [-0.1, -0.05) is 11.2 Å². The molecule has 0 aliphatic heterocycles. The maximum absolute atomic E-state index is 10.4. The molecule has 0 saturated carbocycles. The number of hydrogen-bond acceptors (Lipinski definition) is 3. The lowest BCUT2D eigenvalue weighted by Gasteiger charge is -2.09. The number of aliphatic carboxylic acids is 1. The van der Waals surface area contributed by atoms with Crippen molar-refractivity contribution in [2.45, 2.75) is 25.3 Å². The van der Waals surface area contributed by atoms with Gasteiger partial charge in [0.2, 0.25) is 0 Å². The third-order valence-electron chi connectivity index (χ3n) is 2.13. The predicted molar refractivity (Wildman–Crippen MR) is 57.6 cm³/mol. The van der Waals surface area contributed by atoms with E-state index in [4.69, 9.17) is 10.6 Å². The van der Waals surface area contributed by atoms with Gasteiger partial charge in [0.25, 0.3) is 0 Å². The summed E-state index contributed by atoms with van der Waals surface area (Å²) in [6, 6.07) is 3.23. The lowest BCUT2D eigenvalue weighted by atomic mass is 10.0. The molecule has 1 heterocycles. The van der Waals surface area contributed by atoms with Crippen LogP contribution in [0.1, 0.15) is 30.9 Å². The summed E-state index contributed by atoms with van der Waals surface area (Å²) >= 11 is 0. The van der Waals surface area contributed by atoms with Gasteiger partial charge in [0, 0.05) is 23.7 Å². The highest BCUT2D eigenvalue weighted by Crippen LogP contribution is 2.22. The SMILES string of the molecule is [N-]=[N+]=NC(CCCC(=O)O)c1cccnc1. The van der Waals surface area contributed by atoms with Crippen LogP contribution >= 0.6 is 0 Å². The predicted octanol–water partition coefficient (Wildman–Crippen LogP) is 2.69. The number of aromatic nitrogens is 1. The van der Waals surface area contributed by atoms with E-state index in [1.807, 2.05) is 6.07 Å². The summed E-state index contributed by atoms with van der Waals surface area (Å²) in [5.74, 6) is -0.842. The smallest absolute Gasteiger partial charge is 0.303 e. The first kappa shape index (κ1) is 12.0. The van der Waals surface area contributed by atoms with Crippen LogP contribution in [0.25, 0.3) is 10.4 Å². The molecule has 6 nitrogen and oxygen atoms in total. The highest BCUT2D eigenvalue weighted by molar-refractivity contribution is 5.66. The first-order valence-electron chi connectivity index (χ1n) is 4.90. The second-order valence-electron chi connectivity index (χ2n) is 3.29. The van der Waals surface area contributed by atoms with Crippen LogP contribution in [0.4, 0.5) is 0 Å². The topological polar surface area (TPSA) is 99.0 Å². The molecule has 1 atom stereocenters. The molecule has 0 aliphatic rings. The van der Waals surface area contributed by atoms with Crippen LogP contribution in [0.2, 0.25) is 0 Å². The molecule has 1 rings (SSSR count). The summed E-state index contributed by atoms with van der Waals surface area (Å²) < 4.78 is 0. The van der Waals surface area contributed by atoms with E-state index in [9.17, 15) is 4.79 Å². The average Bonchev–Trinajstić information content (AvgIpc) is 2.29. The van der Waals surface area contributed by atoms with Crippen LogP contribution < -0.4 is 0 Å². The highest BCUT2D eigenvalue weighted by Gasteiger charge is 2.10. The molecule has 0 bridgehead atoms. The van der Waals surface area contributed by atoms with Crippen LogP contribution in [-0.2, 0) is 4.79 Å². The van der Waals surface area contributed by atoms with Gasteiger partial charge in [-0.25, -0.2) is 0 Å². The first-order chi connectivity index (χ1) is 7.74. The quantitative estimate of drug-likeness (QED) is 0.453. The van der Waals surface area contributed by atoms with Crippen molar-refractivity contribution < 1.29 is 9.90 Å². The van der Waals surface area contributed by atoms with Gasteiger partial charge < -0.3 is 5.11 Å². The van der Waals surface area contributed by atoms with Crippen LogP contribution in [0.3, 0.4) is 0 Å². The summed E-state index contributed by atoms with van der Waals surface area (Å²) in [5.41, 5.74) is 9.24. The van der Waals surface area contributed by atoms with Crippen molar-refractivity contribution >= 4 is 5.97 Å². The number of nitrogens with zero attached hydrogens (tertiary/aromatic N) is 4. The minimum atomic E-state index is -0.842. The first-order valence-corrected chi connectivity index (χ1v) is 4.90. The van der Waals surface area contributed by atoms with Gasteiger partial charge in [0.15, 0.2) is 0 Å². The van der Waals surface area contributed by atoms with E-state index in [1.54, 1.807) is 18.5 Å². The van der Waals surface area contributed by atoms with Crippen molar-refractivity contribution in [3.05, 3.63) is 40.5 Å². The Balaban J connectivity index is 2.62. The second kappa shape index (κ2) is 6.42. The number of rotatable bonds is 6. The fourth-order valence-electron chi connectivity index (χ4n) is 1.37. The number of azide groups is 1. The summed E-state index contributed by atoms with van der Waals surface area (Å²) in [7, 11) is 0. The maximum Gasteiger partial charge on any atom is 0.303 e. The molecule has 6 heteroatoms. The zero-order valence-corrected chi connectivity index (χ0v) is 8.65. The van der Waals surface area contributed by atoms with Crippen molar-refractivity contribution in [1.29, 1.82) is 0 Å². The zero-order chi connectivity index (χ0) is 11.8. The molecule has 1 unspecified atom stereocenters. The Hall–Kier alpha value is -2.07. The minimum Gasteiger partial charge on any atom is -0.481 e. The largest absolute Gasteiger partial charge is 0.481 e. The molecule has 1 aromatic rings. The van der Waals surface area contributed by atoms with Crippen LogP contribution in [0.5, 0.6) is 0 Å². The van der Waals surface area contributed by atoms with Gasteiger partial charge >= 0.3 is 5.97 Å². The number of pyridine rings is 1. The van der Waals surface area contributed by atoms with E-state index in [0.717, 1.165) is 5.56 Å². The molecule has 0 aliphatic carbocycles. The van der Waals surface area contributed by atoms with Crippen molar-refractivity contribution in [3.8, 4) is 0 Å². The highest BCUT2D eigenvalue weighted by atomic mass is 16.4. The summed E-state index contributed by atoms with van der Waals surface area (Å²) in [6.07, 6.45) is 4.34. The van der Waals surface area contributed by atoms with Gasteiger partial charge in [-0.3, -0.25) is 9.78 Å². The molecule has 1 N–H and O–H groups in total. The fraction of sp³-hybridized carbons (Fsp3) is 0.400.